The number of anilines is 2. The van der Waals surface area contributed by atoms with Gasteiger partial charge in [-0.1, -0.05) is 36.4 Å². The van der Waals surface area contributed by atoms with Crippen LogP contribution in [0.4, 0.5) is 11.6 Å². The van der Waals surface area contributed by atoms with E-state index in [9.17, 15) is 4.79 Å². The molecule has 0 saturated carbocycles. The number of amides is 1. The number of hydrogen-bond acceptors (Lipinski definition) is 6. The lowest BCUT2D eigenvalue weighted by molar-refractivity contribution is 0.102. The number of hydrogen-bond donors (Lipinski definition) is 2. The van der Waals surface area contributed by atoms with Gasteiger partial charge in [-0.2, -0.15) is 4.98 Å². The van der Waals surface area contributed by atoms with Crippen LogP contribution in [0.2, 0.25) is 0 Å². The van der Waals surface area contributed by atoms with Crippen LogP contribution in [0.5, 0.6) is 5.75 Å². The molecule has 2 heterocycles. The number of carbonyl (C=O) groups excluding carboxylic acids is 1. The van der Waals surface area contributed by atoms with Crippen LogP contribution in [-0.4, -0.2) is 32.5 Å². The van der Waals surface area contributed by atoms with Crippen molar-refractivity contribution < 1.29 is 9.53 Å². The minimum absolute atomic E-state index is 0.0562. The van der Waals surface area contributed by atoms with E-state index in [2.05, 4.69) is 44.6 Å². The van der Waals surface area contributed by atoms with E-state index in [4.69, 9.17) is 4.74 Å². The summed E-state index contributed by atoms with van der Waals surface area (Å²) in [5, 5.41) is 6.29. The largest absolute Gasteiger partial charge is 0.496 e. The van der Waals surface area contributed by atoms with Crippen molar-refractivity contribution >= 4 is 28.6 Å². The lowest BCUT2D eigenvalue weighted by atomic mass is 10.1. The van der Waals surface area contributed by atoms with Crippen LogP contribution in [-0.2, 0) is 0 Å². The summed E-state index contributed by atoms with van der Waals surface area (Å²) in [7, 11) is 1.59. The molecule has 1 atom stereocenters. The molecule has 5 rings (SSSR count). The Morgan fingerprint density at radius 2 is 1.83 bits per heavy atom. The van der Waals surface area contributed by atoms with E-state index in [-0.39, 0.29) is 11.9 Å². The molecule has 0 aliphatic rings. The number of nitrogens with zero attached hydrogens (tertiary/aromatic N) is 4. The fraction of sp³-hybridized carbons (Fsp3) is 0.143. The number of aromatic nitrogens is 4. The van der Waals surface area contributed by atoms with Crippen LogP contribution in [0.15, 0.2) is 85.3 Å². The smallest absolute Gasteiger partial charge is 0.255 e. The van der Waals surface area contributed by atoms with Gasteiger partial charge in [0.25, 0.3) is 5.91 Å². The van der Waals surface area contributed by atoms with Gasteiger partial charge in [0.15, 0.2) is 0 Å². The molecule has 0 fully saturated rings. The molecule has 2 aromatic heterocycles. The summed E-state index contributed by atoms with van der Waals surface area (Å²) < 4.78 is 7.23. The molecule has 0 radical (unpaired) electrons. The molecule has 8 nitrogen and oxygen atoms in total. The van der Waals surface area contributed by atoms with Gasteiger partial charge in [-0.15, -0.1) is 0 Å². The summed E-state index contributed by atoms with van der Waals surface area (Å²) in [5.74, 6) is 1.68. The van der Waals surface area contributed by atoms with Gasteiger partial charge < -0.3 is 15.4 Å². The first kappa shape index (κ1) is 23.0. The molecule has 0 saturated heterocycles. The van der Waals surface area contributed by atoms with Crippen molar-refractivity contribution in [1.82, 2.24) is 19.5 Å². The van der Waals surface area contributed by atoms with Crippen molar-refractivity contribution in [3.63, 3.8) is 0 Å². The monoisotopic (exact) mass is 478 g/mol. The third-order valence-electron chi connectivity index (χ3n) is 6.01. The van der Waals surface area contributed by atoms with Crippen molar-refractivity contribution in [3.05, 3.63) is 102 Å². The molecule has 0 aliphatic heterocycles. The first-order chi connectivity index (χ1) is 17.5. The van der Waals surface area contributed by atoms with E-state index < -0.39 is 0 Å². The Morgan fingerprint density at radius 1 is 1.00 bits per heavy atom. The third kappa shape index (κ3) is 4.74. The third-order valence-corrected chi connectivity index (χ3v) is 6.01. The normalized spacial score (nSPS) is 11.8. The highest BCUT2D eigenvalue weighted by molar-refractivity contribution is 6.05. The lowest BCUT2D eigenvalue weighted by Gasteiger charge is -2.14. The Bertz CT molecular complexity index is 1530. The summed E-state index contributed by atoms with van der Waals surface area (Å²) in [6.07, 6.45) is 3.44. The summed E-state index contributed by atoms with van der Waals surface area (Å²) in [6.45, 7) is 4.01. The van der Waals surface area contributed by atoms with Gasteiger partial charge in [-0.3, -0.25) is 9.36 Å². The zero-order valence-electron chi connectivity index (χ0n) is 20.3. The summed E-state index contributed by atoms with van der Waals surface area (Å²) in [5.41, 5.74) is 4.90. The van der Waals surface area contributed by atoms with E-state index in [1.54, 1.807) is 31.8 Å². The molecule has 2 N–H and O–H groups in total. The van der Waals surface area contributed by atoms with Gasteiger partial charge in [0.05, 0.1) is 24.2 Å². The van der Waals surface area contributed by atoms with Crippen LogP contribution in [0.1, 0.15) is 34.5 Å². The Kier molecular flexibility index (Phi) is 6.32. The Hall–Kier alpha value is -4.72. The maximum atomic E-state index is 12.8. The van der Waals surface area contributed by atoms with E-state index >= 15 is 0 Å². The Labute approximate surface area is 209 Å². The molecule has 3 aromatic carbocycles. The van der Waals surface area contributed by atoms with Gasteiger partial charge in [0, 0.05) is 17.4 Å². The van der Waals surface area contributed by atoms with Crippen LogP contribution in [0, 0.1) is 6.92 Å². The number of carbonyl (C=O) groups is 1. The molecule has 180 valence electrons. The van der Waals surface area contributed by atoms with Crippen molar-refractivity contribution in [2.24, 2.45) is 0 Å². The molecule has 36 heavy (non-hydrogen) atoms. The fourth-order valence-corrected chi connectivity index (χ4v) is 4.01. The second-order valence-corrected chi connectivity index (χ2v) is 8.47. The van der Waals surface area contributed by atoms with E-state index in [0.717, 1.165) is 22.2 Å². The number of methoxy groups -OCH3 is 1. The van der Waals surface area contributed by atoms with Gasteiger partial charge in [0.2, 0.25) is 5.95 Å². The molecule has 0 bridgehead atoms. The van der Waals surface area contributed by atoms with Crippen molar-refractivity contribution in [2.45, 2.75) is 19.9 Å². The topological polar surface area (TPSA) is 94.0 Å². The summed E-state index contributed by atoms with van der Waals surface area (Å²) >= 11 is 0. The number of fused-ring (bicyclic) bond motifs is 1. The van der Waals surface area contributed by atoms with Crippen LogP contribution in [0.25, 0.3) is 16.9 Å². The average Bonchev–Trinajstić information content (AvgIpc) is 3.33. The number of rotatable bonds is 7. The van der Waals surface area contributed by atoms with Gasteiger partial charge in [-0.25, -0.2) is 9.97 Å². The average molecular weight is 479 g/mol. The number of aryl methyl sites for hydroxylation is 1. The van der Waals surface area contributed by atoms with Gasteiger partial charge >= 0.3 is 0 Å². The first-order valence-corrected chi connectivity index (χ1v) is 11.6. The van der Waals surface area contributed by atoms with Crippen LogP contribution < -0.4 is 15.4 Å². The second kappa shape index (κ2) is 9.87. The first-order valence-electron chi connectivity index (χ1n) is 11.6. The van der Waals surface area contributed by atoms with Crippen LogP contribution in [0.3, 0.4) is 0 Å². The molecule has 0 spiro atoms. The highest BCUT2D eigenvalue weighted by Crippen LogP contribution is 2.24. The van der Waals surface area contributed by atoms with Crippen molar-refractivity contribution in [2.75, 3.05) is 17.7 Å². The van der Waals surface area contributed by atoms with E-state index in [0.29, 0.717) is 28.8 Å². The maximum absolute atomic E-state index is 12.8. The second-order valence-electron chi connectivity index (χ2n) is 8.47. The number of benzene rings is 3. The van der Waals surface area contributed by atoms with E-state index in [1.807, 2.05) is 60.0 Å². The zero-order chi connectivity index (χ0) is 25.1. The summed E-state index contributed by atoms with van der Waals surface area (Å²) in [6, 6.07) is 23.0. The Morgan fingerprint density at radius 3 is 2.64 bits per heavy atom. The molecule has 8 heteroatoms. The number of imidazole rings is 1. The molecular formula is C28H26N6O2. The minimum Gasteiger partial charge on any atom is -0.496 e. The molecule has 0 unspecified atom stereocenters. The predicted octanol–water partition coefficient (Wildman–Crippen LogP) is 5.56. The standard InChI is InChI=1S/C28H26N6O2/c1-18-9-10-21(15-25(18)36-3)27(35)32-22-11-12-24-23(16-22)30-17-34(24)26-13-14-29-28(33-26)31-19(2)20-7-5-4-6-8-20/h4-17,19H,1-3H3,(H,32,35)(H,29,31,33)/t19-/m0/s1. The predicted molar refractivity (Wildman–Crippen MR) is 141 cm³/mol. The minimum atomic E-state index is -0.217. The van der Waals surface area contributed by atoms with Gasteiger partial charge in [0.1, 0.15) is 17.9 Å². The van der Waals surface area contributed by atoms with Crippen molar-refractivity contribution in [3.8, 4) is 11.6 Å². The molecular weight excluding hydrogens is 452 g/mol. The maximum Gasteiger partial charge on any atom is 0.255 e. The summed E-state index contributed by atoms with van der Waals surface area (Å²) in [4.78, 5) is 26.4. The molecule has 0 aliphatic carbocycles. The SMILES string of the molecule is COc1cc(C(=O)Nc2ccc3c(c2)ncn3-c2ccnc(N[C@@H](C)c3ccccc3)n2)ccc1C. The number of ether oxygens (including phenoxy) is 1. The van der Waals surface area contributed by atoms with Crippen LogP contribution >= 0.6 is 0 Å². The molecule has 5 aromatic rings. The lowest BCUT2D eigenvalue weighted by Crippen LogP contribution is -2.12. The van der Waals surface area contributed by atoms with Crippen molar-refractivity contribution in [1.29, 1.82) is 0 Å². The van der Waals surface area contributed by atoms with Gasteiger partial charge in [-0.05, 0) is 61.4 Å². The fourth-order valence-electron chi connectivity index (χ4n) is 4.01. The molecule has 1 amide bonds. The number of nitrogens with one attached hydrogen (secondary N) is 2. The zero-order valence-corrected chi connectivity index (χ0v) is 20.3. The highest BCUT2D eigenvalue weighted by atomic mass is 16.5. The highest BCUT2D eigenvalue weighted by Gasteiger charge is 2.13. The van der Waals surface area contributed by atoms with E-state index in [1.165, 1.54) is 0 Å². The Balaban J connectivity index is 1.35. The quantitative estimate of drug-likeness (QED) is 0.318.